The molecule has 0 saturated carbocycles. The molecular weight excluding hydrogens is 314 g/mol. The Labute approximate surface area is 140 Å². The maximum Gasteiger partial charge on any atom is 0.407 e. The number of ether oxygens (including phenoxy) is 2. The van der Waals surface area contributed by atoms with Gasteiger partial charge in [-0.3, -0.25) is 4.79 Å². The molecule has 2 unspecified atom stereocenters. The molecule has 132 valence electrons. The Morgan fingerprint density at radius 2 is 2.08 bits per heavy atom. The van der Waals surface area contributed by atoms with E-state index in [-0.39, 0.29) is 31.7 Å². The third kappa shape index (κ3) is 4.76. The van der Waals surface area contributed by atoms with Gasteiger partial charge in [-0.15, -0.1) is 0 Å². The molecule has 8 heteroatoms. The first-order valence-corrected chi connectivity index (χ1v) is 7.75. The molecule has 2 amide bonds. The highest BCUT2D eigenvalue weighted by molar-refractivity contribution is 5.81. The van der Waals surface area contributed by atoms with E-state index in [9.17, 15) is 9.59 Å². The number of hydrogen-bond acceptors (Lipinski definition) is 5. The summed E-state index contributed by atoms with van der Waals surface area (Å²) in [7, 11) is 1.44. The van der Waals surface area contributed by atoms with Crippen LogP contribution in [0.3, 0.4) is 0 Å². The normalized spacial score (nSPS) is 14.8. The van der Waals surface area contributed by atoms with Crippen molar-refractivity contribution in [1.82, 2.24) is 10.2 Å². The second-order valence-corrected chi connectivity index (χ2v) is 5.90. The third-order valence-electron chi connectivity index (χ3n) is 3.81. The summed E-state index contributed by atoms with van der Waals surface area (Å²) in [6.07, 6.45) is -0.144. The number of hydrogen-bond donors (Lipinski definition) is 3. The summed E-state index contributed by atoms with van der Waals surface area (Å²) < 4.78 is 10.6. The SMILES string of the molecule is CC(Cc1ccc2c(c1)OCO2)NC(=O)C(N)CCN(C)C(=O)O. The van der Waals surface area contributed by atoms with Gasteiger partial charge in [-0.2, -0.15) is 0 Å². The fourth-order valence-corrected chi connectivity index (χ4v) is 2.38. The summed E-state index contributed by atoms with van der Waals surface area (Å²) in [6.45, 7) is 2.32. The van der Waals surface area contributed by atoms with Crippen LogP contribution in [0.5, 0.6) is 11.5 Å². The molecule has 0 fully saturated rings. The molecule has 0 bridgehead atoms. The molecule has 0 aliphatic carbocycles. The predicted molar refractivity (Wildman–Crippen MR) is 87.1 cm³/mol. The predicted octanol–water partition coefficient (Wildman–Crippen LogP) is 0.790. The zero-order valence-corrected chi connectivity index (χ0v) is 13.8. The number of carboxylic acid groups (broad SMARTS) is 1. The third-order valence-corrected chi connectivity index (χ3v) is 3.81. The van der Waals surface area contributed by atoms with Crippen molar-refractivity contribution in [3.05, 3.63) is 23.8 Å². The van der Waals surface area contributed by atoms with E-state index in [2.05, 4.69) is 5.32 Å². The first-order valence-electron chi connectivity index (χ1n) is 7.75. The van der Waals surface area contributed by atoms with E-state index in [0.29, 0.717) is 12.2 Å². The minimum Gasteiger partial charge on any atom is -0.465 e. The van der Waals surface area contributed by atoms with Crippen molar-refractivity contribution < 1.29 is 24.2 Å². The molecule has 0 radical (unpaired) electrons. The molecule has 2 rings (SSSR count). The lowest BCUT2D eigenvalue weighted by Gasteiger charge is -2.19. The van der Waals surface area contributed by atoms with E-state index in [0.717, 1.165) is 16.2 Å². The van der Waals surface area contributed by atoms with Gasteiger partial charge >= 0.3 is 6.09 Å². The number of rotatable bonds is 7. The summed E-state index contributed by atoms with van der Waals surface area (Å²) in [5.74, 6) is 1.14. The van der Waals surface area contributed by atoms with Crippen LogP contribution in [0.15, 0.2) is 18.2 Å². The van der Waals surface area contributed by atoms with Gasteiger partial charge in [0.2, 0.25) is 12.7 Å². The molecule has 4 N–H and O–H groups in total. The molecule has 0 aromatic heterocycles. The summed E-state index contributed by atoms with van der Waals surface area (Å²) in [5.41, 5.74) is 6.83. The fraction of sp³-hybridized carbons (Fsp3) is 0.500. The summed E-state index contributed by atoms with van der Waals surface area (Å²) >= 11 is 0. The van der Waals surface area contributed by atoms with Crippen molar-refractivity contribution in [1.29, 1.82) is 0 Å². The van der Waals surface area contributed by atoms with Crippen LogP contribution in [0.1, 0.15) is 18.9 Å². The van der Waals surface area contributed by atoms with E-state index in [4.69, 9.17) is 20.3 Å². The van der Waals surface area contributed by atoms with Crippen molar-refractivity contribution in [2.45, 2.75) is 31.8 Å². The largest absolute Gasteiger partial charge is 0.465 e. The van der Waals surface area contributed by atoms with Crippen LogP contribution in [0.25, 0.3) is 0 Å². The quantitative estimate of drug-likeness (QED) is 0.678. The van der Waals surface area contributed by atoms with E-state index < -0.39 is 12.1 Å². The highest BCUT2D eigenvalue weighted by Gasteiger charge is 2.19. The van der Waals surface area contributed by atoms with Gasteiger partial charge in [0.15, 0.2) is 11.5 Å². The van der Waals surface area contributed by atoms with Crippen LogP contribution in [-0.4, -0.2) is 54.5 Å². The summed E-state index contributed by atoms with van der Waals surface area (Å²) in [4.78, 5) is 23.9. The smallest absolute Gasteiger partial charge is 0.407 e. The average molecular weight is 337 g/mol. The van der Waals surface area contributed by atoms with Crippen LogP contribution in [0.4, 0.5) is 4.79 Å². The van der Waals surface area contributed by atoms with Gasteiger partial charge in [-0.25, -0.2) is 4.79 Å². The average Bonchev–Trinajstić information content (AvgIpc) is 2.99. The van der Waals surface area contributed by atoms with Crippen molar-refractivity contribution >= 4 is 12.0 Å². The maximum absolute atomic E-state index is 12.1. The second kappa shape index (κ2) is 7.87. The standard InChI is InChI=1S/C16H23N3O5/c1-10(7-11-3-4-13-14(8-11)24-9-23-13)18-15(20)12(17)5-6-19(2)16(21)22/h3-4,8,10,12H,5-7,9,17H2,1-2H3,(H,18,20)(H,21,22). The maximum atomic E-state index is 12.1. The molecule has 24 heavy (non-hydrogen) atoms. The van der Waals surface area contributed by atoms with Gasteiger partial charge in [-0.1, -0.05) is 6.07 Å². The summed E-state index contributed by atoms with van der Waals surface area (Å²) in [6, 6.07) is 4.82. The van der Waals surface area contributed by atoms with Gasteiger partial charge in [-0.05, 0) is 37.5 Å². The number of carbonyl (C=O) groups is 2. The zero-order chi connectivity index (χ0) is 17.7. The molecule has 1 aliphatic rings. The van der Waals surface area contributed by atoms with Crippen molar-refractivity contribution in [3.63, 3.8) is 0 Å². The Balaban J connectivity index is 1.79. The Bertz CT molecular complexity index is 607. The molecular formula is C16H23N3O5. The van der Waals surface area contributed by atoms with Crippen molar-refractivity contribution in [2.75, 3.05) is 20.4 Å². The zero-order valence-electron chi connectivity index (χ0n) is 13.8. The molecule has 2 atom stereocenters. The van der Waals surface area contributed by atoms with E-state index in [1.165, 1.54) is 7.05 Å². The van der Waals surface area contributed by atoms with E-state index in [1.54, 1.807) is 0 Å². The Morgan fingerprint density at radius 3 is 2.79 bits per heavy atom. The minimum absolute atomic E-state index is 0.110. The molecule has 1 aromatic rings. The van der Waals surface area contributed by atoms with E-state index >= 15 is 0 Å². The fourth-order valence-electron chi connectivity index (χ4n) is 2.38. The van der Waals surface area contributed by atoms with Crippen LogP contribution >= 0.6 is 0 Å². The van der Waals surface area contributed by atoms with Gasteiger partial charge in [0, 0.05) is 19.6 Å². The number of amides is 2. The van der Waals surface area contributed by atoms with Crippen molar-refractivity contribution in [3.8, 4) is 11.5 Å². The lowest BCUT2D eigenvalue weighted by atomic mass is 10.1. The highest BCUT2D eigenvalue weighted by Crippen LogP contribution is 2.32. The highest BCUT2D eigenvalue weighted by atomic mass is 16.7. The first kappa shape index (κ1) is 17.9. The molecule has 0 saturated heterocycles. The monoisotopic (exact) mass is 337 g/mol. The Morgan fingerprint density at radius 1 is 1.38 bits per heavy atom. The number of carbonyl (C=O) groups excluding carboxylic acids is 1. The van der Waals surface area contributed by atoms with Crippen LogP contribution in [0, 0.1) is 0 Å². The summed E-state index contributed by atoms with van der Waals surface area (Å²) in [5, 5.41) is 11.6. The lowest BCUT2D eigenvalue weighted by Crippen LogP contribution is -2.46. The first-order chi connectivity index (χ1) is 11.4. The number of benzene rings is 1. The second-order valence-electron chi connectivity index (χ2n) is 5.90. The van der Waals surface area contributed by atoms with Gasteiger partial charge < -0.3 is 30.5 Å². The number of nitrogens with one attached hydrogen (secondary N) is 1. The molecule has 8 nitrogen and oxygen atoms in total. The van der Waals surface area contributed by atoms with E-state index in [1.807, 2.05) is 25.1 Å². The minimum atomic E-state index is -1.04. The van der Waals surface area contributed by atoms with Crippen LogP contribution in [-0.2, 0) is 11.2 Å². The molecule has 1 heterocycles. The Kier molecular flexibility index (Phi) is 5.86. The van der Waals surface area contributed by atoms with Crippen LogP contribution in [0.2, 0.25) is 0 Å². The molecule has 1 aliphatic heterocycles. The number of nitrogens with zero attached hydrogens (tertiary/aromatic N) is 1. The molecule has 1 aromatic carbocycles. The lowest BCUT2D eigenvalue weighted by molar-refractivity contribution is -0.123. The van der Waals surface area contributed by atoms with Gasteiger partial charge in [0.25, 0.3) is 0 Å². The Hall–Kier alpha value is -2.48. The van der Waals surface area contributed by atoms with Crippen molar-refractivity contribution in [2.24, 2.45) is 5.73 Å². The number of nitrogens with two attached hydrogens (primary N) is 1. The topological polar surface area (TPSA) is 114 Å². The molecule has 0 spiro atoms. The van der Waals surface area contributed by atoms with Gasteiger partial charge in [0.05, 0.1) is 6.04 Å². The van der Waals surface area contributed by atoms with Gasteiger partial charge in [0.1, 0.15) is 0 Å². The van der Waals surface area contributed by atoms with Crippen LogP contribution < -0.4 is 20.5 Å². The number of fused-ring (bicyclic) bond motifs is 1.